The van der Waals surface area contributed by atoms with Gasteiger partial charge >= 0.3 is 17.9 Å². The molecule has 0 bridgehead atoms. The number of ketones is 3. The van der Waals surface area contributed by atoms with Gasteiger partial charge in [-0.25, -0.2) is 14.4 Å². The Labute approximate surface area is 242 Å². The number of rotatable bonds is 9. The van der Waals surface area contributed by atoms with E-state index in [0.29, 0.717) is 38.5 Å². The van der Waals surface area contributed by atoms with Crippen LogP contribution >= 0.6 is 0 Å². The number of aliphatic hydroxyl groups is 3. The molecule has 0 aromatic rings. The van der Waals surface area contributed by atoms with Crippen LogP contribution in [0.2, 0.25) is 0 Å². The van der Waals surface area contributed by atoms with E-state index < -0.39 is 35.3 Å². The van der Waals surface area contributed by atoms with Crippen molar-refractivity contribution in [3.05, 3.63) is 34.0 Å². The molecule has 0 aromatic heterocycles. The fourth-order valence-electron chi connectivity index (χ4n) is 3.88. The Hall–Kier alpha value is -3.44. The molecule has 0 aromatic carbocycles. The first-order valence-corrected chi connectivity index (χ1v) is 12.9. The molecule has 3 aliphatic rings. The van der Waals surface area contributed by atoms with Crippen molar-refractivity contribution in [2.24, 2.45) is 0 Å². The van der Waals surface area contributed by atoms with E-state index >= 15 is 0 Å². The molecule has 0 fully saturated rings. The maximum absolute atomic E-state index is 11.3. The average Bonchev–Trinajstić information content (AvgIpc) is 3.65. The van der Waals surface area contributed by atoms with Crippen molar-refractivity contribution in [2.45, 2.75) is 78.6 Å². The predicted octanol–water partition coefficient (Wildman–Crippen LogP) is 3.34. The number of hydrogen-bond donors (Lipinski definition) is 3. The van der Waals surface area contributed by atoms with E-state index in [1.54, 1.807) is 20.8 Å². The molecule has 0 aliphatic heterocycles. The summed E-state index contributed by atoms with van der Waals surface area (Å²) in [7, 11) is 0. The minimum atomic E-state index is -0.869. The first kappa shape index (κ1) is 36.6. The average molecular weight is 608 g/mol. The number of hydrogen-bond acceptors (Lipinski definition) is 12. The smallest absolute Gasteiger partial charge is 0.379 e. The minimum absolute atomic E-state index is 0. The maximum atomic E-state index is 11.3. The first-order valence-electron chi connectivity index (χ1n) is 12.9. The van der Waals surface area contributed by atoms with Crippen LogP contribution in [0.4, 0.5) is 0 Å². The second-order valence-corrected chi connectivity index (χ2v) is 8.49. The van der Waals surface area contributed by atoms with E-state index in [0.717, 1.165) is 19.3 Å². The number of aliphatic hydroxyl groups excluding tert-OH is 3. The van der Waals surface area contributed by atoms with Gasteiger partial charge in [0.05, 0.1) is 37.1 Å². The summed E-state index contributed by atoms with van der Waals surface area (Å²) < 4.78 is 13.6. The van der Waals surface area contributed by atoms with Crippen molar-refractivity contribution in [2.75, 3.05) is 19.8 Å². The summed E-state index contributed by atoms with van der Waals surface area (Å²) in [4.78, 5) is 66.6. The number of Topliss-reactive ketones (excluding diaryl/α,β-unsaturated/α-hetero) is 3. The molecular formula is C27H36FeO12. The van der Waals surface area contributed by atoms with Crippen LogP contribution in [0, 0.1) is 0 Å². The van der Waals surface area contributed by atoms with Gasteiger partial charge in [-0.3, -0.25) is 14.4 Å². The van der Waals surface area contributed by atoms with Crippen molar-refractivity contribution < 1.29 is 75.4 Å². The zero-order valence-electron chi connectivity index (χ0n) is 22.9. The molecule has 0 saturated carbocycles. The summed E-state index contributed by atoms with van der Waals surface area (Å²) in [5, 5.41) is 27.7. The Bertz CT molecular complexity index is 934. The predicted molar refractivity (Wildman–Crippen MR) is 135 cm³/mol. The molecule has 0 heterocycles. The third kappa shape index (κ3) is 11.0. The maximum Gasteiger partial charge on any atom is 0.379 e. The van der Waals surface area contributed by atoms with Crippen LogP contribution in [-0.4, -0.2) is 70.4 Å². The van der Waals surface area contributed by atoms with Gasteiger partial charge in [-0.1, -0.05) is 0 Å². The van der Waals surface area contributed by atoms with E-state index in [1.807, 2.05) is 0 Å². The third-order valence-corrected chi connectivity index (χ3v) is 5.77. The summed E-state index contributed by atoms with van der Waals surface area (Å²) in [5.74, 6) is -4.58. The second-order valence-electron chi connectivity index (χ2n) is 8.49. The number of esters is 3. The van der Waals surface area contributed by atoms with E-state index in [9.17, 15) is 44.1 Å². The van der Waals surface area contributed by atoms with Crippen molar-refractivity contribution >= 4 is 35.3 Å². The molecule has 13 heteroatoms. The third-order valence-electron chi connectivity index (χ3n) is 5.77. The zero-order chi connectivity index (χ0) is 29.5. The van der Waals surface area contributed by atoms with Crippen LogP contribution < -0.4 is 0 Å². The fourth-order valence-corrected chi connectivity index (χ4v) is 3.88. The quantitative estimate of drug-likeness (QED) is 0.150. The second kappa shape index (κ2) is 18.8. The van der Waals surface area contributed by atoms with Gasteiger partial charge in [0.25, 0.3) is 17.3 Å². The number of ether oxygens (including phenoxy) is 3. The van der Waals surface area contributed by atoms with Gasteiger partial charge in [-0.15, -0.1) is 0 Å². The van der Waals surface area contributed by atoms with Crippen molar-refractivity contribution in [1.82, 2.24) is 0 Å². The van der Waals surface area contributed by atoms with Crippen LogP contribution in [0.5, 0.6) is 0 Å². The van der Waals surface area contributed by atoms with E-state index in [1.165, 1.54) is 0 Å². The molecule has 3 N–H and O–H groups in total. The molecule has 40 heavy (non-hydrogen) atoms. The van der Waals surface area contributed by atoms with E-state index in [2.05, 4.69) is 14.2 Å². The van der Waals surface area contributed by atoms with Crippen molar-refractivity contribution in [1.29, 1.82) is 0 Å². The van der Waals surface area contributed by atoms with Gasteiger partial charge in [0.1, 0.15) is 0 Å². The normalized spacial score (nSPS) is 15.7. The molecule has 0 amide bonds. The standard InChI is InChI=1S/3C9H12O4.Fe/c3*1-2-13-9(12)8(11)6-4-3-5-7(6)10;/h3*10H,2-5H2,1H3;. The summed E-state index contributed by atoms with van der Waals surface area (Å²) in [6.07, 6.45) is 5.07. The van der Waals surface area contributed by atoms with Gasteiger partial charge in [-0.2, -0.15) is 0 Å². The van der Waals surface area contributed by atoms with Gasteiger partial charge in [-0.05, 0) is 59.3 Å². The van der Waals surface area contributed by atoms with Crippen LogP contribution in [0.15, 0.2) is 34.0 Å². The number of carbonyl (C=O) groups excluding carboxylic acids is 6. The van der Waals surface area contributed by atoms with Crippen LogP contribution in [0.3, 0.4) is 0 Å². The molecule has 3 aliphatic carbocycles. The summed E-state index contributed by atoms with van der Waals surface area (Å²) >= 11 is 0. The Morgan fingerprint density at radius 1 is 0.500 bits per heavy atom. The SMILES string of the molecule is CCOC(=O)C(=O)C1=C(O)CCC1.CCOC(=O)C(=O)C1=C(O)CCC1.CCOC(=O)C(=O)C1=C(O)CCC1.[Fe]. The topological polar surface area (TPSA) is 191 Å². The van der Waals surface area contributed by atoms with Crippen LogP contribution in [-0.2, 0) is 60.0 Å². The minimum Gasteiger partial charge on any atom is -0.512 e. The van der Waals surface area contributed by atoms with Crippen molar-refractivity contribution in [3.8, 4) is 0 Å². The zero-order valence-corrected chi connectivity index (χ0v) is 24.0. The Kier molecular flexibility index (Phi) is 17.2. The summed E-state index contributed by atoms with van der Waals surface area (Å²) in [6.45, 7) is 5.44. The van der Waals surface area contributed by atoms with Gasteiger partial charge < -0.3 is 29.5 Å². The molecule has 0 atom stereocenters. The molecular weight excluding hydrogens is 572 g/mol. The van der Waals surface area contributed by atoms with Gasteiger partial charge in [0, 0.05) is 53.1 Å². The molecule has 0 saturated heterocycles. The first-order chi connectivity index (χ1) is 18.5. The molecule has 0 unspecified atom stereocenters. The van der Waals surface area contributed by atoms with Gasteiger partial charge in [0.15, 0.2) is 0 Å². The number of carbonyl (C=O) groups is 6. The summed E-state index contributed by atoms with van der Waals surface area (Å²) in [6, 6.07) is 0. The van der Waals surface area contributed by atoms with E-state index in [-0.39, 0.29) is 70.9 Å². The monoisotopic (exact) mass is 608 g/mol. The van der Waals surface area contributed by atoms with Crippen LogP contribution in [0.25, 0.3) is 0 Å². The largest absolute Gasteiger partial charge is 0.512 e. The van der Waals surface area contributed by atoms with E-state index in [4.69, 9.17) is 0 Å². The molecule has 0 radical (unpaired) electrons. The number of allylic oxidation sites excluding steroid dienone is 3. The van der Waals surface area contributed by atoms with Crippen LogP contribution in [0.1, 0.15) is 78.6 Å². The fraction of sp³-hybridized carbons (Fsp3) is 0.556. The molecule has 0 spiro atoms. The van der Waals surface area contributed by atoms with Crippen molar-refractivity contribution in [3.63, 3.8) is 0 Å². The Morgan fingerprint density at radius 3 is 0.875 bits per heavy atom. The Balaban J connectivity index is 0.000000563. The Morgan fingerprint density at radius 2 is 0.725 bits per heavy atom. The molecule has 12 nitrogen and oxygen atoms in total. The summed E-state index contributed by atoms with van der Waals surface area (Å²) in [5.41, 5.74) is 0.662. The molecule has 224 valence electrons. The van der Waals surface area contributed by atoms with Gasteiger partial charge in [0.2, 0.25) is 0 Å². The molecule has 3 rings (SSSR count).